The Morgan fingerprint density at radius 2 is 2.20 bits per heavy atom. The molecule has 84 valence electrons. The van der Waals surface area contributed by atoms with Crippen LogP contribution in [0.5, 0.6) is 0 Å². The van der Waals surface area contributed by atoms with E-state index < -0.39 is 0 Å². The van der Waals surface area contributed by atoms with Gasteiger partial charge in [0.15, 0.2) is 0 Å². The highest BCUT2D eigenvalue weighted by atomic mass is 14.4. The van der Waals surface area contributed by atoms with E-state index in [1.54, 1.807) is 0 Å². The fourth-order valence-corrected chi connectivity index (χ4v) is 2.80. The zero-order valence-corrected chi connectivity index (χ0v) is 10.3. The maximum atomic E-state index is 4.78. The predicted molar refractivity (Wildman–Crippen MR) is 67.6 cm³/mol. The molecule has 1 spiro atoms. The van der Waals surface area contributed by atoms with Crippen molar-refractivity contribution in [1.29, 1.82) is 0 Å². The highest BCUT2D eigenvalue weighted by molar-refractivity contribution is 5.06. The third-order valence-electron chi connectivity index (χ3n) is 3.61. The van der Waals surface area contributed by atoms with E-state index in [4.69, 9.17) is 6.42 Å². The Hall–Kier alpha value is -0.700. The third-order valence-corrected chi connectivity index (χ3v) is 3.61. The smallest absolute Gasteiger partial charge is 0.00576 e. The molecule has 0 aliphatic heterocycles. The molecule has 0 aromatic carbocycles. The Balaban J connectivity index is 0.000000245. The van der Waals surface area contributed by atoms with Gasteiger partial charge < -0.3 is 0 Å². The van der Waals surface area contributed by atoms with E-state index in [0.717, 1.165) is 12.3 Å². The molecular weight excluding hydrogens is 180 g/mol. The van der Waals surface area contributed by atoms with Gasteiger partial charge in [-0.05, 0) is 49.9 Å². The van der Waals surface area contributed by atoms with Gasteiger partial charge >= 0.3 is 0 Å². The van der Waals surface area contributed by atoms with Gasteiger partial charge in [-0.3, -0.25) is 0 Å². The number of hydrogen-bond donors (Lipinski definition) is 0. The molecule has 0 bridgehead atoms. The fourth-order valence-electron chi connectivity index (χ4n) is 2.80. The zero-order valence-electron chi connectivity index (χ0n) is 10.3. The van der Waals surface area contributed by atoms with E-state index in [0.29, 0.717) is 5.41 Å². The Morgan fingerprint density at radius 3 is 2.60 bits per heavy atom. The second-order valence-corrected chi connectivity index (χ2v) is 5.06. The van der Waals surface area contributed by atoms with Crippen molar-refractivity contribution in [2.24, 2.45) is 11.3 Å². The molecule has 2 aliphatic rings. The quantitative estimate of drug-likeness (QED) is 0.401. The van der Waals surface area contributed by atoms with E-state index in [-0.39, 0.29) is 0 Å². The summed E-state index contributed by atoms with van der Waals surface area (Å²) >= 11 is 0. The highest BCUT2D eigenvalue weighted by Crippen LogP contribution is 2.47. The molecule has 0 amide bonds. The maximum Gasteiger partial charge on any atom is 0.00576 e. The summed E-state index contributed by atoms with van der Waals surface area (Å²) in [6.07, 6.45) is 19.2. The SMILES string of the molecule is C#CCC.CC1CCC2(C=CCCC2)C1. The molecule has 2 rings (SSSR count). The molecular formula is C15H24. The molecule has 15 heavy (non-hydrogen) atoms. The summed E-state index contributed by atoms with van der Waals surface area (Å²) in [4.78, 5) is 0. The van der Waals surface area contributed by atoms with Crippen molar-refractivity contribution < 1.29 is 0 Å². The largest absolute Gasteiger partial charge is 0.120 e. The molecule has 1 saturated carbocycles. The number of rotatable bonds is 0. The van der Waals surface area contributed by atoms with Crippen molar-refractivity contribution in [2.45, 2.75) is 58.8 Å². The Kier molecular flexibility index (Phi) is 4.95. The molecule has 0 heterocycles. The monoisotopic (exact) mass is 204 g/mol. The van der Waals surface area contributed by atoms with Crippen LogP contribution in [-0.4, -0.2) is 0 Å². The van der Waals surface area contributed by atoms with Crippen LogP contribution >= 0.6 is 0 Å². The average Bonchev–Trinajstić information content (AvgIpc) is 2.61. The molecule has 0 saturated heterocycles. The average molecular weight is 204 g/mol. The number of allylic oxidation sites excluding steroid dienone is 2. The first-order valence-corrected chi connectivity index (χ1v) is 6.33. The first kappa shape index (κ1) is 12.4. The van der Waals surface area contributed by atoms with Crippen LogP contribution in [0.3, 0.4) is 0 Å². The molecule has 0 heteroatoms. The lowest BCUT2D eigenvalue weighted by molar-refractivity contribution is 0.328. The molecule has 0 aromatic rings. The normalized spacial score (nSPS) is 33.3. The first-order valence-electron chi connectivity index (χ1n) is 6.33. The zero-order chi connectivity index (χ0) is 11.1. The minimum atomic E-state index is 0.664. The van der Waals surface area contributed by atoms with E-state index in [2.05, 4.69) is 25.0 Å². The standard InChI is InChI=1S/C11H18.C4H6/c1-10-5-8-11(9-10)6-3-2-4-7-11;1-3-4-2/h3,6,10H,2,4-5,7-9H2,1H3;1H,4H2,2H3. The molecule has 2 aliphatic carbocycles. The van der Waals surface area contributed by atoms with Crippen LogP contribution in [0.1, 0.15) is 58.8 Å². The molecule has 0 aromatic heterocycles. The van der Waals surface area contributed by atoms with Crippen LogP contribution in [0.2, 0.25) is 0 Å². The predicted octanol–water partition coefficient (Wildman–Crippen LogP) is 4.56. The Bertz CT molecular complexity index is 243. The van der Waals surface area contributed by atoms with E-state index in [1.807, 2.05) is 6.92 Å². The lowest BCUT2D eigenvalue weighted by atomic mass is 9.77. The van der Waals surface area contributed by atoms with Crippen LogP contribution in [0.4, 0.5) is 0 Å². The molecule has 0 nitrogen and oxygen atoms in total. The minimum absolute atomic E-state index is 0.664. The van der Waals surface area contributed by atoms with Crippen LogP contribution in [0.15, 0.2) is 12.2 Å². The summed E-state index contributed by atoms with van der Waals surface area (Å²) in [5, 5.41) is 0. The van der Waals surface area contributed by atoms with E-state index in [9.17, 15) is 0 Å². The van der Waals surface area contributed by atoms with E-state index >= 15 is 0 Å². The van der Waals surface area contributed by atoms with Gasteiger partial charge in [0.25, 0.3) is 0 Å². The van der Waals surface area contributed by atoms with Crippen molar-refractivity contribution in [2.75, 3.05) is 0 Å². The van der Waals surface area contributed by atoms with Crippen molar-refractivity contribution in [3.05, 3.63) is 12.2 Å². The van der Waals surface area contributed by atoms with Crippen molar-refractivity contribution in [1.82, 2.24) is 0 Å². The van der Waals surface area contributed by atoms with Gasteiger partial charge in [0, 0.05) is 6.42 Å². The summed E-state index contributed by atoms with van der Waals surface area (Å²) in [6, 6.07) is 0. The van der Waals surface area contributed by atoms with Gasteiger partial charge in [-0.2, -0.15) is 0 Å². The molecule has 2 atom stereocenters. The highest BCUT2D eigenvalue weighted by Gasteiger charge is 2.35. The van der Waals surface area contributed by atoms with Crippen LogP contribution in [0, 0.1) is 23.7 Å². The van der Waals surface area contributed by atoms with Crippen molar-refractivity contribution in [3.8, 4) is 12.3 Å². The van der Waals surface area contributed by atoms with Crippen LogP contribution < -0.4 is 0 Å². The third kappa shape index (κ3) is 3.74. The summed E-state index contributed by atoms with van der Waals surface area (Å²) in [5.74, 6) is 3.41. The number of terminal acetylenes is 1. The van der Waals surface area contributed by atoms with E-state index in [1.165, 1.54) is 38.5 Å². The first-order chi connectivity index (χ1) is 7.22. The lowest BCUT2D eigenvalue weighted by Gasteiger charge is -2.28. The van der Waals surface area contributed by atoms with Crippen molar-refractivity contribution >= 4 is 0 Å². The lowest BCUT2D eigenvalue weighted by Crippen LogP contribution is -2.15. The van der Waals surface area contributed by atoms with Gasteiger partial charge in [-0.1, -0.05) is 26.0 Å². The second kappa shape index (κ2) is 6.01. The summed E-state index contributed by atoms with van der Waals surface area (Å²) in [5.41, 5.74) is 0.664. The minimum Gasteiger partial charge on any atom is -0.120 e. The Labute approximate surface area is 95.2 Å². The topological polar surface area (TPSA) is 0 Å². The van der Waals surface area contributed by atoms with Crippen LogP contribution in [0.25, 0.3) is 0 Å². The van der Waals surface area contributed by atoms with Gasteiger partial charge in [-0.15, -0.1) is 12.3 Å². The second-order valence-electron chi connectivity index (χ2n) is 5.06. The summed E-state index contributed by atoms with van der Waals surface area (Å²) in [7, 11) is 0. The fraction of sp³-hybridized carbons (Fsp3) is 0.733. The van der Waals surface area contributed by atoms with Crippen molar-refractivity contribution in [3.63, 3.8) is 0 Å². The summed E-state index contributed by atoms with van der Waals surface area (Å²) < 4.78 is 0. The molecule has 1 fully saturated rings. The van der Waals surface area contributed by atoms with Gasteiger partial charge in [0.1, 0.15) is 0 Å². The Morgan fingerprint density at radius 1 is 1.47 bits per heavy atom. The maximum absolute atomic E-state index is 4.78. The van der Waals surface area contributed by atoms with Gasteiger partial charge in [0.05, 0.1) is 0 Å². The molecule has 0 radical (unpaired) electrons. The van der Waals surface area contributed by atoms with Gasteiger partial charge in [0.2, 0.25) is 0 Å². The van der Waals surface area contributed by atoms with Gasteiger partial charge in [-0.25, -0.2) is 0 Å². The summed E-state index contributed by atoms with van der Waals surface area (Å²) in [6.45, 7) is 4.34. The van der Waals surface area contributed by atoms with Crippen LogP contribution in [-0.2, 0) is 0 Å². The number of hydrogen-bond acceptors (Lipinski definition) is 0. The molecule has 2 unspecified atom stereocenters. The molecule has 0 N–H and O–H groups in total.